The maximum Gasteiger partial charge on any atom is 0.295 e. The van der Waals surface area contributed by atoms with Crippen molar-refractivity contribution < 1.29 is 23.8 Å². The van der Waals surface area contributed by atoms with Gasteiger partial charge in [-0.3, -0.25) is 14.6 Å². The van der Waals surface area contributed by atoms with Gasteiger partial charge in [-0.05, 0) is 54.8 Å². The number of ether oxygens (including phenoxy) is 1. The van der Waals surface area contributed by atoms with Crippen LogP contribution in [-0.4, -0.2) is 33.3 Å². The molecule has 174 valence electrons. The van der Waals surface area contributed by atoms with E-state index in [1.165, 1.54) is 23.1 Å². The van der Waals surface area contributed by atoms with Gasteiger partial charge in [-0.1, -0.05) is 31.2 Å². The van der Waals surface area contributed by atoms with E-state index in [-0.39, 0.29) is 23.4 Å². The van der Waals surface area contributed by atoms with Gasteiger partial charge in [0.25, 0.3) is 11.7 Å². The van der Waals surface area contributed by atoms with Gasteiger partial charge in [0.1, 0.15) is 17.3 Å². The fraction of sp³-hybridized carbons (Fsp3) is 0.222. The molecule has 1 aromatic heterocycles. The normalized spacial score (nSPS) is 17.3. The van der Waals surface area contributed by atoms with Gasteiger partial charge in [0.05, 0.1) is 18.2 Å². The summed E-state index contributed by atoms with van der Waals surface area (Å²) in [5, 5.41) is 11.2. The minimum atomic E-state index is -1.09. The standard InChI is InChI=1S/C27H25FN2O4/c1-3-13-34-22-11-10-19(14-17(22)2)25(31)23-24(20-8-4-5-9-21(20)28)30(27(33)26(23)32)16-18-7-6-12-29-15-18/h4-12,14-15,24,31H,3,13,16H2,1-2H3/t24-/m0/s1. The number of carbonyl (C=O) groups is 2. The van der Waals surface area contributed by atoms with Crippen LogP contribution in [0.4, 0.5) is 4.39 Å². The maximum absolute atomic E-state index is 14.9. The summed E-state index contributed by atoms with van der Waals surface area (Å²) in [5.41, 5.74) is 1.78. The molecule has 7 heteroatoms. The first-order valence-corrected chi connectivity index (χ1v) is 11.1. The predicted molar refractivity (Wildman–Crippen MR) is 125 cm³/mol. The molecule has 1 amide bonds. The predicted octanol–water partition coefficient (Wildman–Crippen LogP) is 4.94. The molecule has 34 heavy (non-hydrogen) atoms. The minimum absolute atomic E-state index is 0.0387. The van der Waals surface area contributed by atoms with Crippen LogP contribution in [0.3, 0.4) is 0 Å². The molecule has 0 unspecified atom stereocenters. The first-order valence-electron chi connectivity index (χ1n) is 11.1. The molecule has 2 aromatic carbocycles. The molecule has 0 radical (unpaired) electrons. The highest BCUT2D eigenvalue weighted by Crippen LogP contribution is 2.41. The second-order valence-corrected chi connectivity index (χ2v) is 8.14. The number of halogens is 1. The third kappa shape index (κ3) is 4.41. The number of nitrogens with zero attached hydrogens (tertiary/aromatic N) is 2. The average molecular weight is 461 g/mol. The number of amides is 1. The van der Waals surface area contributed by atoms with Crippen LogP contribution < -0.4 is 4.74 Å². The number of ketones is 1. The van der Waals surface area contributed by atoms with Crippen molar-refractivity contribution in [2.75, 3.05) is 6.61 Å². The van der Waals surface area contributed by atoms with Crippen molar-refractivity contribution in [1.29, 1.82) is 0 Å². The molecular weight excluding hydrogens is 435 g/mol. The molecule has 1 saturated heterocycles. The Morgan fingerprint density at radius 3 is 2.62 bits per heavy atom. The second-order valence-electron chi connectivity index (χ2n) is 8.14. The molecule has 4 rings (SSSR count). The number of aliphatic hydroxyl groups is 1. The summed E-state index contributed by atoms with van der Waals surface area (Å²) < 4.78 is 20.6. The Kier molecular flexibility index (Phi) is 6.72. The number of carbonyl (C=O) groups excluding carboxylic acids is 2. The lowest BCUT2D eigenvalue weighted by Crippen LogP contribution is -2.29. The Morgan fingerprint density at radius 2 is 1.94 bits per heavy atom. The first-order chi connectivity index (χ1) is 16.4. The SMILES string of the molecule is CCCOc1ccc(C(O)=C2C(=O)C(=O)N(Cc3cccnc3)[C@H]2c2ccccc2F)cc1C. The Hall–Kier alpha value is -4.00. The highest BCUT2D eigenvalue weighted by Gasteiger charge is 2.47. The minimum Gasteiger partial charge on any atom is -0.507 e. The zero-order valence-corrected chi connectivity index (χ0v) is 19.0. The van der Waals surface area contributed by atoms with E-state index in [2.05, 4.69) is 4.98 Å². The summed E-state index contributed by atoms with van der Waals surface area (Å²) in [4.78, 5) is 31.5. The lowest BCUT2D eigenvalue weighted by atomic mass is 9.94. The smallest absolute Gasteiger partial charge is 0.295 e. The number of benzene rings is 2. The van der Waals surface area contributed by atoms with Gasteiger partial charge >= 0.3 is 0 Å². The first kappa shape index (κ1) is 23.2. The van der Waals surface area contributed by atoms with Crippen molar-refractivity contribution in [3.63, 3.8) is 0 Å². The molecule has 1 aliphatic heterocycles. The number of pyridine rings is 1. The van der Waals surface area contributed by atoms with E-state index in [4.69, 9.17) is 4.74 Å². The summed E-state index contributed by atoms with van der Waals surface area (Å²) in [6, 6.07) is 13.4. The number of rotatable bonds is 7. The largest absolute Gasteiger partial charge is 0.507 e. The number of likely N-dealkylation sites (tertiary alicyclic amines) is 1. The molecule has 1 aliphatic rings. The van der Waals surface area contributed by atoms with Crippen LogP contribution in [0.2, 0.25) is 0 Å². The van der Waals surface area contributed by atoms with E-state index >= 15 is 0 Å². The van der Waals surface area contributed by atoms with Gasteiger partial charge in [-0.15, -0.1) is 0 Å². The molecule has 0 saturated carbocycles. The molecule has 0 aliphatic carbocycles. The van der Waals surface area contributed by atoms with Crippen LogP contribution in [0.1, 0.15) is 41.6 Å². The summed E-state index contributed by atoms with van der Waals surface area (Å²) in [6.45, 7) is 4.43. The van der Waals surface area contributed by atoms with E-state index in [9.17, 15) is 19.1 Å². The van der Waals surface area contributed by atoms with E-state index in [0.29, 0.717) is 23.5 Å². The van der Waals surface area contributed by atoms with E-state index in [1.54, 1.807) is 48.8 Å². The number of hydrogen-bond donors (Lipinski definition) is 1. The van der Waals surface area contributed by atoms with Crippen LogP contribution in [0.25, 0.3) is 5.76 Å². The van der Waals surface area contributed by atoms with Crippen molar-refractivity contribution in [2.24, 2.45) is 0 Å². The number of hydrogen-bond acceptors (Lipinski definition) is 5. The summed E-state index contributed by atoms with van der Waals surface area (Å²) in [6.07, 6.45) is 4.03. The number of Topliss-reactive ketones (excluding diaryl/α,β-unsaturated/α-hetero) is 1. The number of aliphatic hydroxyl groups excluding tert-OH is 1. The lowest BCUT2D eigenvalue weighted by Gasteiger charge is -2.25. The van der Waals surface area contributed by atoms with Gasteiger partial charge in [-0.2, -0.15) is 0 Å². The average Bonchev–Trinajstić information content (AvgIpc) is 3.08. The Bertz CT molecular complexity index is 1260. The van der Waals surface area contributed by atoms with Gasteiger partial charge < -0.3 is 14.7 Å². The van der Waals surface area contributed by atoms with Crippen molar-refractivity contribution in [3.05, 3.63) is 101 Å². The Morgan fingerprint density at radius 1 is 1.15 bits per heavy atom. The second kappa shape index (κ2) is 9.87. The van der Waals surface area contributed by atoms with Crippen LogP contribution in [0, 0.1) is 12.7 Å². The fourth-order valence-corrected chi connectivity index (χ4v) is 4.08. The lowest BCUT2D eigenvalue weighted by molar-refractivity contribution is -0.140. The van der Waals surface area contributed by atoms with Crippen molar-refractivity contribution >= 4 is 17.4 Å². The third-order valence-electron chi connectivity index (χ3n) is 5.73. The molecule has 0 bridgehead atoms. The van der Waals surface area contributed by atoms with Crippen molar-refractivity contribution in [3.8, 4) is 5.75 Å². The molecule has 2 heterocycles. The van der Waals surface area contributed by atoms with Crippen LogP contribution in [0.15, 0.2) is 72.6 Å². The molecule has 0 spiro atoms. The molecular formula is C27H25FN2O4. The van der Waals surface area contributed by atoms with Crippen LogP contribution in [0.5, 0.6) is 5.75 Å². The maximum atomic E-state index is 14.9. The quantitative estimate of drug-likeness (QED) is 0.307. The van der Waals surface area contributed by atoms with Crippen molar-refractivity contribution in [1.82, 2.24) is 9.88 Å². The summed E-state index contributed by atoms with van der Waals surface area (Å²) in [7, 11) is 0. The molecule has 6 nitrogen and oxygen atoms in total. The summed E-state index contributed by atoms with van der Waals surface area (Å²) >= 11 is 0. The van der Waals surface area contributed by atoms with Gasteiger partial charge in [0, 0.05) is 30.1 Å². The molecule has 1 atom stereocenters. The monoisotopic (exact) mass is 460 g/mol. The molecule has 1 fully saturated rings. The van der Waals surface area contributed by atoms with E-state index < -0.39 is 23.5 Å². The number of aryl methyl sites for hydroxylation is 1. The van der Waals surface area contributed by atoms with E-state index in [1.807, 2.05) is 13.8 Å². The van der Waals surface area contributed by atoms with Gasteiger partial charge in [0.15, 0.2) is 0 Å². The number of aromatic nitrogens is 1. The Labute approximate surface area is 197 Å². The zero-order chi connectivity index (χ0) is 24.2. The molecule has 3 aromatic rings. The van der Waals surface area contributed by atoms with Gasteiger partial charge in [0.2, 0.25) is 0 Å². The molecule has 1 N–H and O–H groups in total. The highest BCUT2D eigenvalue weighted by molar-refractivity contribution is 6.46. The van der Waals surface area contributed by atoms with Crippen LogP contribution >= 0.6 is 0 Å². The zero-order valence-electron chi connectivity index (χ0n) is 19.0. The van der Waals surface area contributed by atoms with E-state index in [0.717, 1.165) is 12.0 Å². The van der Waals surface area contributed by atoms with Gasteiger partial charge in [-0.25, -0.2) is 4.39 Å². The fourth-order valence-electron chi connectivity index (χ4n) is 4.08. The topological polar surface area (TPSA) is 79.7 Å². The Balaban J connectivity index is 1.83. The third-order valence-corrected chi connectivity index (χ3v) is 5.73. The van der Waals surface area contributed by atoms with Crippen LogP contribution in [-0.2, 0) is 16.1 Å². The summed E-state index contributed by atoms with van der Waals surface area (Å²) in [5.74, 6) is -1.93. The highest BCUT2D eigenvalue weighted by atomic mass is 19.1. The van der Waals surface area contributed by atoms with Crippen molar-refractivity contribution in [2.45, 2.75) is 32.9 Å².